The number of carbonyl (C=O) groups is 3. The highest BCUT2D eigenvalue weighted by atomic mass is 16.5. The van der Waals surface area contributed by atoms with Gasteiger partial charge in [-0.25, -0.2) is 0 Å². The molecule has 2 saturated heterocycles. The Morgan fingerprint density at radius 1 is 0.867 bits per heavy atom. The van der Waals surface area contributed by atoms with E-state index in [0.29, 0.717) is 28.1 Å². The molecule has 10 heteroatoms. The van der Waals surface area contributed by atoms with Crippen molar-refractivity contribution in [2.75, 3.05) is 13.7 Å². The second kappa shape index (κ2) is 18.9. The topological polar surface area (TPSA) is 146 Å². The summed E-state index contributed by atoms with van der Waals surface area (Å²) in [4.78, 5) is 47.4. The van der Waals surface area contributed by atoms with Crippen LogP contribution >= 0.6 is 0 Å². The van der Waals surface area contributed by atoms with Crippen LogP contribution in [0.1, 0.15) is 152 Å². The minimum Gasteiger partial charge on any atom is -0.510 e. The minimum atomic E-state index is -1.02. The van der Waals surface area contributed by atoms with Gasteiger partial charge in [-0.15, -0.1) is 0 Å². The molecular formula is C50H70N4O6. The molecule has 1 unspecified atom stereocenters. The lowest BCUT2D eigenvalue weighted by atomic mass is 9.80. The summed E-state index contributed by atoms with van der Waals surface area (Å²) in [5, 5.41) is 20.7. The average Bonchev–Trinajstić information content (AvgIpc) is 3.94. The molecule has 4 aliphatic rings. The number of aromatic amines is 2. The van der Waals surface area contributed by atoms with E-state index in [9.17, 15) is 19.5 Å². The van der Waals surface area contributed by atoms with E-state index in [0.717, 1.165) is 76.4 Å². The maximum absolute atomic E-state index is 13.6. The van der Waals surface area contributed by atoms with Crippen LogP contribution in [0.25, 0.3) is 29.6 Å². The van der Waals surface area contributed by atoms with Gasteiger partial charge in [0.1, 0.15) is 18.3 Å². The van der Waals surface area contributed by atoms with Gasteiger partial charge in [-0.1, -0.05) is 72.8 Å². The van der Waals surface area contributed by atoms with Crippen LogP contribution in [-0.4, -0.2) is 52.6 Å². The molecule has 0 saturated carbocycles. The molecular weight excluding hydrogens is 753 g/mol. The number of fused-ring (bicyclic) bond motifs is 8. The summed E-state index contributed by atoms with van der Waals surface area (Å²) in [6.45, 7) is 21.3. The van der Waals surface area contributed by atoms with E-state index in [1.165, 1.54) is 38.4 Å². The number of Topliss-reactive ketones (excluding diaryl/α,β-unsaturated/α-hetero) is 1. The number of rotatable bonds is 16. The van der Waals surface area contributed by atoms with Crippen LogP contribution in [0.2, 0.25) is 0 Å². The number of aliphatic hydroxyl groups excluding tert-OH is 1. The van der Waals surface area contributed by atoms with Gasteiger partial charge in [0.15, 0.2) is 5.78 Å². The van der Waals surface area contributed by atoms with Gasteiger partial charge in [-0.05, 0) is 112 Å². The number of hydrogen-bond donors (Lipinski definition) is 5. The molecule has 0 spiro atoms. The predicted molar refractivity (Wildman–Crippen MR) is 241 cm³/mol. The van der Waals surface area contributed by atoms with E-state index in [1.54, 1.807) is 6.92 Å². The predicted octanol–water partition coefficient (Wildman–Crippen LogP) is 8.91. The maximum Gasteiger partial charge on any atom is 0.320 e. The van der Waals surface area contributed by atoms with E-state index < -0.39 is 17.9 Å². The first kappa shape index (κ1) is 44.8. The van der Waals surface area contributed by atoms with Crippen molar-refractivity contribution in [1.82, 2.24) is 20.6 Å². The number of ether oxygens (including phenoxy) is 2. The number of H-pyrrole nitrogens is 2. The molecule has 1 aliphatic carbocycles. The fourth-order valence-electron chi connectivity index (χ4n) is 10.3. The lowest BCUT2D eigenvalue weighted by Gasteiger charge is -2.26. The zero-order valence-corrected chi connectivity index (χ0v) is 38.0. The van der Waals surface area contributed by atoms with Gasteiger partial charge in [-0.2, -0.15) is 0 Å². The van der Waals surface area contributed by atoms with Crippen LogP contribution in [-0.2, 0) is 19.1 Å². The quantitative estimate of drug-likeness (QED) is 0.0642. The van der Waals surface area contributed by atoms with E-state index in [2.05, 4.69) is 87.3 Å². The third-order valence-electron chi connectivity index (χ3n) is 14.0. The van der Waals surface area contributed by atoms with Gasteiger partial charge < -0.3 is 35.2 Å². The fraction of sp³-hybridized carbons (Fsp3) is 0.580. The molecule has 10 nitrogen and oxygen atoms in total. The molecule has 0 radical (unpaired) electrons. The fourth-order valence-corrected chi connectivity index (χ4v) is 10.3. The Balaban J connectivity index is 1.32. The van der Waals surface area contributed by atoms with Gasteiger partial charge in [0.05, 0.1) is 24.2 Å². The normalized spacial score (nSPS) is 26.5. The molecule has 60 heavy (non-hydrogen) atoms. The van der Waals surface area contributed by atoms with Gasteiger partial charge in [-0.3, -0.25) is 14.4 Å². The minimum absolute atomic E-state index is 0.0179. The molecule has 0 aromatic carbocycles. The highest BCUT2D eigenvalue weighted by Crippen LogP contribution is 2.43. The molecule has 5 N–H and O–H groups in total. The zero-order valence-electron chi connectivity index (χ0n) is 38.0. The molecule has 0 amide bonds. The van der Waals surface area contributed by atoms with Crippen LogP contribution in [0.5, 0.6) is 0 Å². The number of aromatic nitrogens is 2. The van der Waals surface area contributed by atoms with Crippen molar-refractivity contribution in [3.63, 3.8) is 0 Å². The summed E-state index contributed by atoms with van der Waals surface area (Å²) in [7, 11) is 1.34. The number of nitrogens with one attached hydrogen (secondary N) is 4. The number of carbonyl (C=O) groups excluding carboxylic acids is 3. The molecule has 2 fully saturated rings. The first-order chi connectivity index (χ1) is 28.6. The van der Waals surface area contributed by atoms with Crippen molar-refractivity contribution in [2.45, 2.75) is 133 Å². The summed E-state index contributed by atoms with van der Waals surface area (Å²) in [5.74, 6) is -0.274. The van der Waals surface area contributed by atoms with Gasteiger partial charge in [0.25, 0.3) is 0 Å². The maximum atomic E-state index is 13.6. The Labute approximate surface area is 357 Å². The Bertz CT molecular complexity index is 2230. The number of hydrogen-bond acceptors (Lipinski definition) is 8. The van der Waals surface area contributed by atoms with E-state index in [1.807, 2.05) is 19.9 Å². The Morgan fingerprint density at radius 2 is 1.55 bits per heavy atom. The third kappa shape index (κ3) is 9.13. The molecule has 8 bridgehead atoms. The van der Waals surface area contributed by atoms with Crippen molar-refractivity contribution >= 4 is 47.3 Å². The van der Waals surface area contributed by atoms with Crippen molar-refractivity contribution in [3.05, 3.63) is 73.1 Å². The second-order valence-electron chi connectivity index (χ2n) is 18.6. The largest absolute Gasteiger partial charge is 0.510 e. The Hall–Kier alpha value is -4.73. The van der Waals surface area contributed by atoms with Crippen LogP contribution in [0.15, 0.2) is 28.7 Å². The number of allylic oxidation sites excluding steroid dienone is 4. The van der Waals surface area contributed by atoms with Crippen LogP contribution in [0.4, 0.5) is 0 Å². The van der Waals surface area contributed by atoms with Gasteiger partial charge in [0, 0.05) is 63.4 Å². The monoisotopic (exact) mass is 823 g/mol. The Morgan fingerprint density at radius 3 is 2.23 bits per heavy atom. The number of methoxy groups -OCH3 is 1. The van der Waals surface area contributed by atoms with Crippen LogP contribution in [0.3, 0.4) is 0 Å². The smallest absolute Gasteiger partial charge is 0.320 e. The lowest BCUT2D eigenvalue weighted by molar-refractivity contribution is -0.143. The molecule has 2 aromatic rings. The standard InChI is InChI=1S/C50H70N4O6/c1-12-34-29(6)36-25-41-43(33(10)55)31(8)38(52-41)23-37-30(7)35(19-20-42(56)60-22-21-28(5)18-14-17-27(4)16-13-15-26(2)3)47(53-37)45-46(50(58)59-11)49(57)44-32(9)39(54-48(44)45)24-40(34)51-36/h21,23-27,29-30,34-35,46-47,51-54,57H,12-20,22H2,1-11H3/b28-21+,36-25-,37-23-,40-24-/t27-,29-,30+,34-,35+,46-,47?/m1/s1. The molecule has 5 heterocycles. The van der Waals surface area contributed by atoms with E-state index in [-0.39, 0.29) is 54.2 Å². The van der Waals surface area contributed by atoms with E-state index in [4.69, 9.17) is 9.47 Å². The summed E-state index contributed by atoms with van der Waals surface area (Å²) >= 11 is 0. The van der Waals surface area contributed by atoms with Crippen molar-refractivity contribution in [3.8, 4) is 0 Å². The molecule has 326 valence electrons. The number of aliphatic hydroxyl groups is 1. The van der Waals surface area contributed by atoms with Crippen molar-refractivity contribution in [1.29, 1.82) is 0 Å². The SMILES string of the molecule is CC[C@H]1/C2=C/c3[nH]c4c(c3C)=C(O)[C@H](C(=O)OC)C=4C3N/C(=C\c4[nH]c(c(C(C)=O)c4C)/C=C(\N2)[C@@H]1C)[C@@H](C)[C@@H]3CCC(=O)OC/C=C(\C)CCC[C@H](C)CCCC(C)C. The molecule has 7 atom stereocenters. The lowest BCUT2D eigenvalue weighted by Crippen LogP contribution is -2.38. The highest BCUT2D eigenvalue weighted by Gasteiger charge is 2.47. The van der Waals surface area contributed by atoms with Crippen LogP contribution in [0, 0.1) is 55.3 Å². The summed E-state index contributed by atoms with van der Waals surface area (Å²) < 4.78 is 11.1. The third-order valence-corrected chi connectivity index (χ3v) is 14.0. The summed E-state index contributed by atoms with van der Waals surface area (Å²) in [6.07, 6.45) is 17.1. The molecule has 3 aliphatic heterocycles. The van der Waals surface area contributed by atoms with Gasteiger partial charge >= 0.3 is 11.9 Å². The zero-order chi connectivity index (χ0) is 43.6. The summed E-state index contributed by atoms with van der Waals surface area (Å²) in [5.41, 5.74) is 9.69. The highest BCUT2D eigenvalue weighted by molar-refractivity contribution is 6.00. The number of esters is 2. The van der Waals surface area contributed by atoms with E-state index >= 15 is 0 Å². The first-order valence-electron chi connectivity index (χ1n) is 22.5. The van der Waals surface area contributed by atoms with Gasteiger partial charge in [0.2, 0.25) is 0 Å². The average molecular weight is 823 g/mol. The van der Waals surface area contributed by atoms with Crippen molar-refractivity contribution < 1.29 is 29.0 Å². The number of ketones is 1. The van der Waals surface area contributed by atoms with Crippen LogP contribution < -0.4 is 21.2 Å². The van der Waals surface area contributed by atoms with Crippen molar-refractivity contribution in [2.24, 2.45) is 41.4 Å². The Kier molecular flexibility index (Phi) is 14.1. The molecule has 6 rings (SSSR count). The first-order valence-corrected chi connectivity index (χ1v) is 22.5. The molecule has 2 aromatic heterocycles. The summed E-state index contributed by atoms with van der Waals surface area (Å²) in [6, 6.07) is -0.436. The second-order valence-corrected chi connectivity index (χ2v) is 18.6.